The van der Waals surface area contributed by atoms with Gasteiger partial charge in [-0.05, 0) is 25.0 Å². The Morgan fingerprint density at radius 1 is 1.43 bits per heavy atom. The van der Waals surface area contributed by atoms with Crippen LogP contribution in [0.1, 0.15) is 12.8 Å². The van der Waals surface area contributed by atoms with Gasteiger partial charge in [-0.3, -0.25) is 10.1 Å². The molecule has 1 atom stereocenters. The van der Waals surface area contributed by atoms with Crippen molar-refractivity contribution < 1.29 is 18.1 Å². The summed E-state index contributed by atoms with van der Waals surface area (Å²) in [6.07, 6.45) is 1.41. The molecule has 0 saturated carbocycles. The molecule has 0 aromatic heterocycles. The van der Waals surface area contributed by atoms with Gasteiger partial charge in [-0.2, -0.15) is 0 Å². The molecule has 0 amide bonds. The van der Waals surface area contributed by atoms with Crippen LogP contribution in [0.2, 0.25) is 0 Å². The molecule has 116 valence electrons. The molecule has 0 spiro atoms. The second-order valence-electron chi connectivity index (χ2n) is 4.72. The number of rotatable bonds is 5. The Kier molecular flexibility index (Phi) is 4.76. The molecule has 1 aliphatic rings. The molecular formula is C12H17N3O5S. The lowest BCUT2D eigenvalue weighted by Gasteiger charge is -2.22. The Hall–Kier alpha value is -1.71. The average molecular weight is 315 g/mol. The summed E-state index contributed by atoms with van der Waals surface area (Å²) in [5.41, 5.74) is 0.0210. The number of benzene rings is 1. The van der Waals surface area contributed by atoms with Gasteiger partial charge in [0.25, 0.3) is 5.69 Å². The van der Waals surface area contributed by atoms with Crippen LogP contribution in [0.4, 0.5) is 11.4 Å². The van der Waals surface area contributed by atoms with Gasteiger partial charge in [-0.1, -0.05) is 0 Å². The summed E-state index contributed by atoms with van der Waals surface area (Å²) >= 11 is 0. The summed E-state index contributed by atoms with van der Waals surface area (Å²) < 4.78 is 32.3. The van der Waals surface area contributed by atoms with Crippen molar-refractivity contribution in [1.29, 1.82) is 0 Å². The van der Waals surface area contributed by atoms with Crippen molar-refractivity contribution in [3.8, 4) is 0 Å². The Morgan fingerprint density at radius 2 is 2.19 bits per heavy atom. The van der Waals surface area contributed by atoms with Crippen molar-refractivity contribution in [3.05, 3.63) is 28.3 Å². The highest BCUT2D eigenvalue weighted by Crippen LogP contribution is 2.27. The van der Waals surface area contributed by atoms with E-state index in [1.165, 1.54) is 18.2 Å². The molecule has 2 N–H and O–H groups in total. The van der Waals surface area contributed by atoms with Gasteiger partial charge in [0.1, 0.15) is 0 Å². The molecule has 1 heterocycles. The predicted octanol–water partition coefficient (Wildman–Crippen LogP) is 1.09. The van der Waals surface area contributed by atoms with E-state index in [1.807, 2.05) is 0 Å². The Balaban J connectivity index is 2.32. The summed E-state index contributed by atoms with van der Waals surface area (Å²) in [7, 11) is -2.36. The number of nitrogens with one attached hydrogen (secondary N) is 2. The van der Waals surface area contributed by atoms with Crippen LogP contribution < -0.4 is 10.0 Å². The summed E-state index contributed by atoms with van der Waals surface area (Å²) in [6, 6.07) is 3.56. The van der Waals surface area contributed by atoms with E-state index in [2.05, 4.69) is 10.0 Å². The first-order valence-electron chi connectivity index (χ1n) is 6.50. The maximum atomic E-state index is 12.3. The van der Waals surface area contributed by atoms with E-state index in [0.29, 0.717) is 18.7 Å². The van der Waals surface area contributed by atoms with E-state index in [-0.39, 0.29) is 17.5 Å². The van der Waals surface area contributed by atoms with Crippen LogP contribution in [0.15, 0.2) is 23.1 Å². The summed E-state index contributed by atoms with van der Waals surface area (Å²) in [6.45, 7) is 0.886. The molecule has 1 aromatic carbocycles. The molecular weight excluding hydrogens is 298 g/mol. The molecule has 0 bridgehead atoms. The second-order valence-corrected chi connectivity index (χ2v) is 6.41. The summed E-state index contributed by atoms with van der Waals surface area (Å²) in [5, 5.41) is 13.8. The molecule has 1 fully saturated rings. The number of nitro groups is 1. The summed E-state index contributed by atoms with van der Waals surface area (Å²) in [4.78, 5) is 10.1. The monoisotopic (exact) mass is 315 g/mol. The van der Waals surface area contributed by atoms with E-state index >= 15 is 0 Å². The number of hydrogen-bond acceptors (Lipinski definition) is 6. The van der Waals surface area contributed by atoms with E-state index in [0.717, 1.165) is 6.42 Å². The number of hydrogen-bond donors (Lipinski definition) is 2. The first kappa shape index (κ1) is 15.7. The van der Waals surface area contributed by atoms with Gasteiger partial charge in [-0.25, -0.2) is 13.1 Å². The van der Waals surface area contributed by atoms with Crippen LogP contribution >= 0.6 is 0 Å². The maximum absolute atomic E-state index is 12.3. The lowest BCUT2D eigenvalue weighted by Crippen LogP contribution is -2.40. The highest BCUT2D eigenvalue weighted by molar-refractivity contribution is 7.89. The van der Waals surface area contributed by atoms with Gasteiger partial charge < -0.3 is 10.1 Å². The Bertz CT molecular complexity index is 626. The van der Waals surface area contributed by atoms with Gasteiger partial charge in [0.05, 0.1) is 11.5 Å². The predicted molar refractivity (Wildman–Crippen MR) is 76.8 cm³/mol. The van der Waals surface area contributed by atoms with Crippen molar-refractivity contribution in [3.63, 3.8) is 0 Å². The molecule has 1 aliphatic heterocycles. The normalized spacial score (nSPS) is 19.2. The fourth-order valence-corrected chi connectivity index (χ4v) is 3.57. The SMILES string of the molecule is CNc1ccc(S(=O)(=O)NC2CCCOC2)c([N+](=O)[O-])c1. The lowest BCUT2D eigenvalue weighted by molar-refractivity contribution is -0.387. The molecule has 9 heteroatoms. The van der Waals surface area contributed by atoms with Crippen molar-refractivity contribution >= 4 is 21.4 Å². The number of ether oxygens (including phenoxy) is 1. The Labute approximate surface area is 122 Å². The molecule has 1 saturated heterocycles. The first-order valence-corrected chi connectivity index (χ1v) is 7.98. The minimum atomic E-state index is -3.96. The molecule has 1 unspecified atom stereocenters. The van der Waals surface area contributed by atoms with Gasteiger partial charge >= 0.3 is 0 Å². The van der Waals surface area contributed by atoms with Crippen molar-refractivity contribution in [2.45, 2.75) is 23.8 Å². The Morgan fingerprint density at radius 3 is 2.76 bits per heavy atom. The quantitative estimate of drug-likeness (QED) is 0.621. The van der Waals surface area contributed by atoms with Crippen molar-refractivity contribution in [1.82, 2.24) is 4.72 Å². The van der Waals surface area contributed by atoms with Gasteiger partial charge in [0.15, 0.2) is 4.90 Å². The number of nitrogens with zero attached hydrogens (tertiary/aromatic N) is 1. The molecule has 8 nitrogen and oxygen atoms in total. The number of nitro benzene ring substituents is 1. The largest absolute Gasteiger partial charge is 0.388 e. The zero-order chi connectivity index (χ0) is 15.5. The maximum Gasteiger partial charge on any atom is 0.291 e. The molecule has 21 heavy (non-hydrogen) atoms. The fraction of sp³-hybridized carbons (Fsp3) is 0.500. The van der Waals surface area contributed by atoms with E-state index in [9.17, 15) is 18.5 Å². The molecule has 0 aliphatic carbocycles. The second kappa shape index (κ2) is 6.37. The van der Waals surface area contributed by atoms with Crippen LogP contribution in [0.3, 0.4) is 0 Å². The first-order chi connectivity index (χ1) is 9.94. The van der Waals surface area contributed by atoms with Crippen molar-refractivity contribution in [2.75, 3.05) is 25.6 Å². The smallest absolute Gasteiger partial charge is 0.291 e. The highest BCUT2D eigenvalue weighted by Gasteiger charge is 2.29. The zero-order valence-corrected chi connectivity index (χ0v) is 12.4. The minimum absolute atomic E-state index is 0.279. The van der Waals surface area contributed by atoms with Crippen LogP contribution in [0, 0.1) is 10.1 Å². The van der Waals surface area contributed by atoms with E-state index < -0.39 is 20.6 Å². The standard InChI is InChI=1S/C12H17N3O5S/c1-13-9-4-5-12(11(7-9)15(16)17)21(18,19)14-10-3-2-6-20-8-10/h4-5,7,10,13-14H,2-3,6,8H2,1H3. The van der Waals surface area contributed by atoms with E-state index in [1.54, 1.807) is 7.05 Å². The minimum Gasteiger partial charge on any atom is -0.388 e. The molecule has 1 aromatic rings. The molecule has 2 rings (SSSR count). The number of sulfonamides is 1. The van der Waals surface area contributed by atoms with Crippen molar-refractivity contribution in [2.24, 2.45) is 0 Å². The highest BCUT2D eigenvalue weighted by atomic mass is 32.2. The average Bonchev–Trinajstić information content (AvgIpc) is 2.47. The van der Waals surface area contributed by atoms with Gasteiger partial charge in [-0.15, -0.1) is 0 Å². The molecule has 0 radical (unpaired) electrons. The van der Waals surface area contributed by atoms with Gasteiger partial charge in [0.2, 0.25) is 10.0 Å². The topological polar surface area (TPSA) is 111 Å². The van der Waals surface area contributed by atoms with Crippen LogP contribution in [0.25, 0.3) is 0 Å². The third kappa shape index (κ3) is 3.69. The van der Waals surface area contributed by atoms with Gasteiger partial charge in [0, 0.05) is 31.5 Å². The fourth-order valence-electron chi connectivity index (χ4n) is 2.16. The van der Waals surface area contributed by atoms with Crippen LogP contribution in [0.5, 0.6) is 0 Å². The third-order valence-corrected chi connectivity index (χ3v) is 4.78. The lowest BCUT2D eigenvalue weighted by atomic mass is 10.1. The van der Waals surface area contributed by atoms with E-state index in [4.69, 9.17) is 4.74 Å². The number of anilines is 1. The zero-order valence-electron chi connectivity index (χ0n) is 11.5. The van der Waals surface area contributed by atoms with Crippen LogP contribution in [-0.2, 0) is 14.8 Å². The van der Waals surface area contributed by atoms with Crippen LogP contribution in [-0.4, -0.2) is 39.6 Å². The third-order valence-electron chi connectivity index (χ3n) is 3.22. The summed E-state index contributed by atoms with van der Waals surface area (Å²) in [5.74, 6) is 0.